The number of anilines is 1. The first kappa shape index (κ1) is 24.2. The Labute approximate surface area is 196 Å². The Morgan fingerprint density at radius 3 is 2.67 bits per heavy atom. The first-order valence-electron chi connectivity index (χ1n) is 10.1. The van der Waals surface area contributed by atoms with Gasteiger partial charge in [-0.05, 0) is 50.6 Å². The molecule has 3 rings (SSSR count). The van der Waals surface area contributed by atoms with Crippen molar-refractivity contribution in [1.29, 1.82) is 5.26 Å². The number of nitriles is 1. The van der Waals surface area contributed by atoms with Crippen LogP contribution in [0.3, 0.4) is 0 Å². The fourth-order valence-electron chi connectivity index (χ4n) is 3.20. The number of carbonyl (C=O) groups is 1. The van der Waals surface area contributed by atoms with Gasteiger partial charge in [0.05, 0.1) is 18.0 Å². The number of aryl methyl sites for hydroxylation is 1. The molecule has 0 aliphatic heterocycles. The molecule has 2 aromatic heterocycles. The Morgan fingerprint density at radius 1 is 1.27 bits per heavy atom. The van der Waals surface area contributed by atoms with Crippen LogP contribution in [-0.4, -0.2) is 41.4 Å². The van der Waals surface area contributed by atoms with Crippen molar-refractivity contribution in [1.82, 2.24) is 14.8 Å². The zero-order valence-corrected chi connectivity index (χ0v) is 20.2. The molecule has 9 nitrogen and oxygen atoms in total. The fraction of sp³-hybridized carbons (Fsp3) is 0.273. The van der Waals surface area contributed by atoms with Crippen LogP contribution in [0.1, 0.15) is 30.8 Å². The predicted molar refractivity (Wildman–Crippen MR) is 126 cm³/mol. The lowest BCUT2D eigenvalue weighted by molar-refractivity contribution is -0.112. The number of sulfone groups is 1. The van der Waals surface area contributed by atoms with Crippen LogP contribution in [-0.2, 0) is 14.6 Å². The topological polar surface area (TPSA) is 127 Å². The number of carbonyl (C=O) groups excluding carboxylic acids is 1. The van der Waals surface area contributed by atoms with Crippen molar-refractivity contribution < 1.29 is 17.9 Å². The van der Waals surface area contributed by atoms with Crippen molar-refractivity contribution in [2.75, 3.05) is 17.7 Å². The molecule has 0 spiro atoms. The number of rotatable bonds is 8. The molecule has 33 heavy (non-hydrogen) atoms. The van der Waals surface area contributed by atoms with E-state index in [4.69, 9.17) is 4.74 Å². The van der Waals surface area contributed by atoms with Gasteiger partial charge in [-0.1, -0.05) is 30.4 Å². The van der Waals surface area contributed by atoms with Crippen LogP contribution in [0.2, 0.25) is 0 Å². The third-order valence-electron chi connectivity index (χ3n) is 4.81. The first-order valence-corrected chi connectivity index (χ1v) is 12.6. The van der Waals surface area contributed by atoms with Crippen molar-refractivity contribution in [3.63, 3.8) is 0 Å². The van der Waals surface area contributed by atoms with Crippen LogP contribution in [0.4, 0.5) is 5.13 Å². The third kappa shape index (κ3) is 5.13. The molecule has 0 aliphatic rings. The van der Waals surface area contributed by atoms with Crippen LogP contribution in [0, 0.1) is 25.2 Å². The van der Waals surface area contributed by atoms with Crippen molar-refractivity contribution in [3.8, 4) is 17.5 Å². The maximum atomic E-state index is 12.6. The SMILES string of the molecule is CCOc1ccccc1-n1c(C)cc(/C=C(/C#N)C(=O)Nc2nnc(S(=O)(=O)CC)s2)c1C. The summed E-state index contributed by atoms with van der Waals surface area (Å²) in [6.07, 6.45) is 1.49. The summed E-state index contributed by atoms with van der Waals surface area (Å²) in [5.41, 5.74) is 3.13. The Hall–Kier alpha value is -3.49. The predicted octanol–water partition coefficient (Wildman–Crippen LogP) is 3.68. The zero-order chi connectivity index (χ0) is 24.2. The van der Waals surface area contributed by atoms with Crippen molar-refractivity contribution >= 4 is 38.3 Å². The number of nitrogens with one attached hydrogen (secondary N) is 1. The Bertz CT molecular complexity index is 1360. The molecule has 0 radical (unpaired) electrons. The quantitative estimate of drug-likeness (QED) is 0.293. The summed E-state index contributed by atoms with van der Waals surface area (Å²) in [7, 11) is -3.53. The molecule has 1 N–H and O–H groups in total. The second kappa shape index (κ2) is 9.97. The highest BCUT2D eigenvalue weighted by atomic mass is 32.2. The standard InChI is InChI=1S/C22H23N5O4S2/c1-5-31-19-10-8-7-9-18(19)27-14(3)11-16(15(27)4)12-17(13-23)20(28)24-21-25-26-22(32-21)33(29,30)6-2/h7-12H,5-6H2,1-4H3,(H,24,25,28)/b17-12-. The molecular formula is C22H23N5O4S2. The van der Waals surface area contributed by atoms with E-state index < -0.39 is 15.7 Å². The van der Waals surface area contributed by atoms with Gasteiger partial charge in [0.15, 0.2) is 0 Å². The monoisotopic (exact) mass is 485 g/mol. The van der Waals surface area contributed by atoms with E-state index >= 15 is 0 Å². The van der Waals surface area contributed by atoms with Crippen LogP contribution in [0.5, 0.6) is 5.75 Å². The van der Waals surface area contributed by atoms with Crippen molar-refractivity contribution in [2.45, 2.75) is 32.0 Å². The molecule has 0 saturated heterocycles. The average molecular weight is 486 g/mol. The van der Waals surface area contributed by atoms with Crippen LogP contribution >= 0.6 is 11.3 Å². The lowest BCUT2D eigenvalue weighted by atomic mass is 10.1. The molecule has 0 bridgehead atoms. The minimum atomic E-state index is -3.53. The minimum Gasteiger partial charge on any atom is -0.492 e. The summed E-state index contributed by atoms with van der Waals surface area (Å²) in [6, 6.07) is 11.4. The van der Waals surface area contributed by atoms with Crippen molar-refractivity contribution in [3.05, 3.63) is 52.9 Å². The van der Waals surface area contributed by atoms with Gasteiger partial charge in [-0.15, -0.1) is 10.2 Å². The molecule has 3 aromatic rings. The van der Waals surface area contributed by atoms with E-state index in [2.05, 4.69) is 15.5 Å². The molecule has 0 saturated carbocycles. The number of amides is 1. The lowest BCUT2D eigenvalue weighted by Gasteiger charge is -2.14. The van der Waals surface area contributed by atoms with E-state index in [1.165, 1.54) is 13.0 Å². The lowest BCUT2D eigenvalue weighted by Crippen LogP contribution is -2.13. The number of nitrogens with zero attached hydrogens (tertiary/aromatic N) is 4. The zero-order valence-electron chi connectivity index (χ0n) is 18.6. The number of ether oxygens (including phenoxy) is 1. The van der Waals surface area contributed by atoms with Gasteiger partial charge >= 0.3 is 0 Å². The normalized spacial score (nSPS) is 11.8. The van der Waals surface area contributed by atoms with E-state index in [1.807, 2.05) is 61.7 Å². The van der Waals surface area contributed by atoms with Gasteiger partial charge in [-0.25, -0.2) is 8.42 Å². The minimum absolute atomic E-state index is 0.00397. The van der Waals surface area contributed by atoms with Crippen LogP contribution in [0.25, 0.3) is 11.8 Å². The highest BCUT2D eigenvalue weighted by Gasteiger charge is 2.20. The molecule has 0 atom stereocenters. The van der Waals surface area contributed by atoms with Crippen molar-refractivity contribution in [2.24, 2.45) is 0 Å². The fourth-order valence-corrected chi connectivity index (χ4v) is 5.18. The highest BCUT2D eigenvalue weighted by molar-refractivity contribution is 7.93. The summed E-state index contributed by atoms with van der Waals surface area (Å²) in [4.78, 5) is 12.6. The van der Waals surface area contributed by atoms with Gasteiger partial charge in [0, 0.05) is 11.4 Å². The van der Waals surface area contributed by atoms with E-state index in [0.717, 1.165) is 34.2 Å². The average Bonchev–Trinajstić information content (AvgIpc) is 3.37. The molecule has 172 valence electrons. The maximum absolute atomic E-state index is 12.6. The maximum Gasteiger partial charge on any atom is 0.268 e. The van der Waals surface area contributed by atoms with Gasteiger partial charge in [0.25, 0.3) is 5.91 Å². The number of hydrogen-bond acceptors (Lipinski definition) is 8. The molecule has 1 amide bonds. The molecule has 11 heteroatoms. The summed E-state index contributed by atoms with van der Waals surface area (Å²) in [6.45, 7) is 7.75. The summed E-state index contributed by atoms with van der Waals surface area (Å²) in [5.74, 6) is -0.0978. The van der Waals surface area contributed by atoms with Gasteiger partial charge in [0.1, 0.15) is 17.4 Å². The molecule has 0 unspecified atom stereocenters. The summed E-state index contributed by atoms with van der Waals surface area (Å²) >= 11 is 0.743. The molecule has 0 fully saturated rings. The molecule has 1 aromatic carbocycles. The second-order valence-corrected chi connectivity index (χ2v) is 10.4. The van der Waals surface area contributed by atoms with E-state index in [-0.39, 0.29) is 20.8 Å². The first-order chi connectivity index (χ1) is 15.7. The number of para-hydroxylation sites is 2. The Morgan fingerprint density at radius 2 is 2.00 bits per heavy atom. The Balaban J connectivity index is 1.92. The van der Waals surface area contributed by atoms with Gasteiger partial charge < -0.3 is 9.30 Å². The van der Waals surface area contributed by atoms with Gasteiger partial charge in [-0.2, -0.15) is 5.26 Å². The largest absolute Gasteiger partial charge is 0.492 e. The second-order valence-electron chi connectivity index (χ2n) is 6.96. The molecular weight excluding hydrogens is 462 g/mol. The third-order valence-corrected chi connectivity index (χ3v) is 7.83. The van der Waals surface area contributed by atoms with Crippen LogP contribution in [0.15, 0.2) is 40.2 Å². The summed E-state index contributed by atoms with van der Waals surface area (Å²) < 4.78 is 31.4. The summed E-state index contributed by atoms with van der Waals surface area (Å²) in [5, 5.41) is 19.3. The highest BCUT2D eigenvalue weighted by Crippen LogP contribution is 2.29. The number of hydrogen-bond donors (Lipinski definition) is 1. The van der Waals surface area contributed by atoms with E-state index in [1.54, 1.807) is 0 Å². The Kier molecular flexibility index (Phi) is 7.30. The molecule has 0 aliphatic carbocycles. The van der Waals surface area contributed by atoms with Crippen LogP contribution < -0.4 is 10.1 Å². The smallest absolute Gasteiger partial charge is 0.268 e. The van der Waals surface area contributed by atoms with E-state index in [0.29, 0.717) is 12.2 Å². The van der Waals surface area contributed by atoms with Gasteiger partial charge in [-0.3, -0.25) is 10.1 Å². The number of aromatic nitrogens is 3. The number of benzene rings is 1. The van der Waals surface area contributed by atoms with Gasteiger partial charge in [0.2, 0.25) is 19.3 Å². The van der Waals surface area contributed by atoms with E-state index in [9.17, 15) is 18.5 Å². The molecule has 2 heterocycles.